The fourth-order valence-electron chi connectivity index (χ4n) is 1.38. The molecule has 0 aliphatic heterocycles. The van der Waals surface area contributed by atoms with Crippen LogP contribution in [0.5, 0.6) is 5.75 Å². The Morgan fingerprint density at radius 3 is 2.83 bits per heavy atom. The van der Waals surface area contributed by atoms with Gasteiger partial charge >= 0.3 is 0 Å². The molecule has 0 saturated carbocycles. The standard InChI is InChI=1S/C12H9ClN2O3/c13-11-6-10(3-4-12(11)15(16)17)18-8-9-2-1-5-14-7-9/h1-7H,8H2. The normalized spacial score (nSPS) is 10.1. The number of hydrogen-bond acceptors (Lipinski definition) is 4. The van der Waals surface area contributed by atoms with E-state index in [1.807, 2.05) is 12.1 Å². The average molecular weight is 265 g/mol. The minimum Gasteiger partial charge on any atom is -0.489 e. The minimum atomic E-state index is -0.534. The summed E-state index contributed by atoms with van der Waals surface area (Å²) in [5.74, 6) is 0.481. The lowest BCUT2D eigenvalue weighted by Gasteiger charge is -2.06. The van der Waals surface area contributed by atoms with Gasteiger partial charge in [-0.3, -0.25) is 15.1 Å². The molecule has 0 fully saturated rings. The summed E-state index contributed by atoms with van der Waals surface area (Å²) >= 11 is 5.77. The fourth-order valence-corrected chi connectivity index (χ4v) is 1.62. The third-order valence-electron chi connectivity index (χ3n) is 2.24. The fraction of sp³-hybridized carbons (Fsp3) is 0.0833. The zero-order chi connectivity index (χ0) is 13.0. The number of benzene rings is 1. The van der Waals surface area contributed by atoms with Crippen LogP contribution in [-0.2, 0) is 6.61 Å². The maximum atomic E-state index is 10.6. The van der Waals surface area contributed by atoms with Crippen LogP contribution in [0.25, 0.3) is 0 Å². The van der Waals surface area contributed by atoms with Gasteiger partial charge in [0.2, 0.25) is 0 Å². The molecule has 1 aromatic heterocycles. The van der Waals surface area contributed by atoms with Gasteiger partial charge in [0.05, 0.1) is 4.92 Å². The van der Waals surface area contributed by atoms with Crippen molar-refractivity contribution in [3.8, 4) is 5.75 Å². The first-order chi connectivity index (χ1) is 8.66. The molecular weight excluding hydrogens is 256 g/mol. The van der Waals surface area contributed by atoms with Crippen LogP contribution in [0, 0.1) is 10.1 Å². The molecular formula is C12H9ClN2O3. The van der Waals surface area contributed by atoms with E-state index in [9.17, 15) is 10.1 Å². The number of halogens is 1. The first-order valence-corrected chi connectivity index (χ1v) is 5.50. The van der Waals surface area contributed by atoms with Crippen molar-refractivity contribution in [1.29, 1.82) is 0 Å². The topological polar surface area (TPSA) is 65.3 Å². The summed E-state index contributed by atoms with van der Waals surface area (Å²) in [6, 6.07) is 7.94. The lowest BCUT2D eigenvalue weighted by atomic mass is 10.3. The van der Waals surface area contributed by atoms with Gasteiger partial charge < -0.3 is 4.74 Å². The Balaban J connectivity index is 2.07. The number of nitrogens with zero attached hydrogens (tertiary/aromatic N) is 2. The first kappa shape index (κ1) is 12.3. The average Bonchev–Trinajstić information content (AvgIpc) is 2.37. The molecule has 0 unspecified atom stereocenters. The van der Waals surface area contributed by atoms with Crippen LogP contribution in [0.2, 0.25) is 5.02 Å². The highest BCUT2D eigenvalue weighted by atomic mass is 35.5. The van der Waals surface area contributed by atoms with E-state index in [0.717, 1.165) is 5.56 Å². The van der Waals surface area contributed by atoms with Gasteiger partial charge in [-0.25, -0.2) is 0 Å². The number of nitro benzene ring substituents is 1. The summed E-state index contributed by atoms with van der Waals surface area (Å²) < 4.78 is 5.46. The van der Waals surface area contributed by atoms with Gasteiger partial charge in [0.1, 0.15) is 17.4 Å². The number of aromatic nitrogens is 1. The number of nitro groups is 1. The summed E-state index contributed by atoms with van der Waals surface area (Å²) in [6.07, 6.45) is 3.36. The Bertz CT molecular complexity index is 561. The van der Waals surface area contributed by atoms with Crippen molar-refractivity contribution in [2.24, 2.45) is 0 Å². The molecule has 0 saturated heterocycles. The minimum absolute atomic E-state index is 0.0590. The smallest absolute Gasteiger partial charge is 0.288 e. The second kappa shape index (κ2) is 5.46. The summed E-state index contributed by atoms with van der Waals surface area (Å²) in [5.41, 5.74) is 0.775. The Morgan fingerprint density at radius 2 is 2.22 bits per heavy atom. The van der Waals surface area contributed by atoms with E-state index in [2.05, 4.69) is 4.98 Å². The highest BCUT2D eigenvalue weighted by Gasteiger charge is 2.12. The molecule has 0 atom stereocenters. The lowest BCUT2D eigenvalue weighted by molar-refractivity contribution is -0.384. The van der Waals surface area contributed by atoms with Crippen LogP contribution in [0.4, 0.5) is 5.69 Å². The van der Waals surface area contributed by atoms with Crippen molar-refractivity contribution in [3.63, 3.8) is 0 Å². The van der Waals surface area contributed by atoms with Crippen molar-refractivity contribution < 1.29 is 9.66 Å². The van der Waals surface area contributed by atoms with Gasteiger partial charge in [0, 0.05) is 30.1 Å². The van der Waals surface area contributed by atoms with Crippen LogP contribution < -0.4 is 4.74 Å². The molecule has 18 heavy (non-hydrogen) atoms. The Kier molecular flexibility index (Phi) is 3.74. The molecule has 0 bridgehead atoms. The first-order valence-electron chi connectivity index (χ1n) is 5.12. The second-order valence-corrected chi connectivity index (χ2v) is 3.93. The van der Waals surface area contributed by atoms with Crippen molar-refractivity contribution >= 4 is 17.3 Å². The van der Waals surface area contributed by atoms with Gasteiger partial charge in [-0.1, -0.05) is 17.7 Å². The van der Waals surface area contributed by atoms with E-state index < -0.39 is 4.92 Å². The monoisotopic (exact) mass is 264 g/mol. The van der Waals surface area contributed by atoms with Crippen LogP contribution in [0.15, 0.2) is 42.7 Å². The number of pyridine rings is 1. The largest absolute Gasteiger partial charge is 0.489 e. The Hall–Kier alpha value is -2.14. The zero-order valence-electron chi connectivity index (χ0n) is 9.25. The molecule has 0 aliphatic rings. The van der Waals surface area contributed by atoms with Gasteiger partial charge in [0.15, 0.2) is 0 Å². The summed E-state index contributed by atoms with van der Waals surface area (Å²) in [4.78, 5) is 14.0. The Morgan fingerprint density at radius 1 is 1.39 bits per heavy atom. The van der Waals surface area contributed by atoms with Crippen molar-refractivity contribution in [1.82, 2.24) is 4.98 Å². The van der Waals surface area contributed by atoms with Crippen molar-refractivity contribution in [3.05, 3.63) is 63.4 Å². The van der Waals surface area contributed by atoms with Crippen molar-refractivity contribution in [2.75, 3.05) is 0 Å². The van der Waals surface area contributed by atoms with E-state index in [1.54, 1.807) is 12.4 Å². The van der Waals surface area contributed by atoms with Crippen molar-refractivity contribution in [2.45, 2.75) is 6.61 Å². The number of ether oxygens (including phenoxy) is 1. The molecule has 2 aromatic rings. The lowest BCUT2D eigenvalue weighted by Crippen LogP contribution is -1.96. The van der Waals surface area contributed by atoms with E-state index >= 15 is 0 Å². The Labute approximate surface area is 108 Å². The van der Waals surface area contributed by atoms with E-state index in [1.165, 1.54) is 18.2 Å². The SMILES string of the molecule is O=[N+]([O-])c1ccc(OCc2cccnc2)cc1Cl. The van der Waals surface area contributed by atoms with Gasteiger partial charge in [-0.05, 0) is 12.1 Å². The molecule has 0 amide bonds. The highest BCUT2D eigenvalue weighted by molar-refractivity contribution is 6.32. The maximum Gasteiger partial charge on any atom is 0.288 e. The van der Waals surface area contributed by atoms with E-state index in [0.29, 0.717) is 12.4 Å². The molecule has 2 rings (SSSR count). The predicted octanol–water partition coefficient (Wildman–Crippen LogP) is 3.22. The molecule has 0 aliphatic carbocycles. The maximum absolute atomic E-state index is 10.6. The second-order valence-electron chi connectivity index (χ2n) is 3.52. The highest BCUT2D eigenvalue weighted by Crippen LogP contribution is 2.28. The number of hydrogen-bond donors (Lipinski definition) is 0. The zero-order valence-corrected chi connectivity index (χ0v) is 10.0. The molecule has 6 heteroatoms. The summed E-state index contributed by atoms with van der Waals surface area (Å²) in [5, 5.41) is 10.6. The summed E-state index contributed by atoms with van der Waals surface area (Å²) in [7, 11) is 0. The molecule has 92 valence electrons. The van der Waals surface area contributed by atoms with Gasteiger partial charge in [0.25, 0.3) is 5.69 Å². The third-order valence-corrected chi connectivity index (χ3v) is 2.55. The molecule has 0 spiro atoms. The molecule has 0 radical (unpaired) electrons. The van der Waals surface area contributed by atoms with E-state index in [-0.39, 0.29) is 10.7 Å². The molecule has 1 aromatic carbocycles. The van der Waals surface area contributed by atoms with Crippen LogP contribution >= 0.6 is 11.6 Å². The van der Waals surface area contributed by atoms with Crippen LogP contribution in [0.1, 0.15) is 5.56 Å². The molecule has 1 heterocycles. The van der Waals surface area contributed by atoms with Crippen LogP contribution in [-0.4, -0.2) is 9.91 Å². The van der Waals surface area contributed by atoms with Crippen LogP contribution in [0.3, 0.4) is 0 Å². The van der Waals surface area contributed by atoms with E-state index in [4.69, 9.17) is 16.3 Å². The number of rotatable bonds is 4. The van der Waals surface area contributed by atoms with Gasteiger partial charge in [-0.2, -0.15) is 0 Å². The van der Waals surface area contributed by atoms with Gasteiger partial charge in [-0.15, -0.1) is 0 Å². The third kappa shape index (κ3) is 2.95. The predicted molar refractivity (Wildman–Crippen MR) is 66.7 cm³/mol. The molecule has 5 nitrogen and oxygen atoms in total. The summed E-state index contributed by atoms with van der Waals surface area (Å²) in [6.45, 7) is 0.335. The quantitative estimate of drug-likeness (QED) is 0.628. The molecule has 0 N–H and O–H groups in total.